The zero-order chi connectivity index (χ0) is 19.3. The summed E-state index contributed by atoms with van der Waals surface area (Å²) in [6.07, 6.45) is -4.62. The van der Waals surface area contributed by atoms with Gasteiger partial charge in [-0.05, 0) is 48.1 Å². The van der Waals surface area contributed by atoms with Crippen LogP contribution in [0.3, 0.4) is 0 Å². The Morgan fingerprint density at radius 2 is 1.81 bits per heavy atom. The van der Waals surface area contributed by atoms with Crippen LogP contribution in [0.25, 0.3) is 0 Å². The number of nitrogens with one attached hydrogen (secondary N) is 2. The molecule has 0 aromatic heterocycles. The van der Waals surface area contributed by atoms with Crippen LogP contribution in [0.15, 0.2) is 36.4 Å². The van der Waals surface area contributed by atoms with E-state index in [4.69, 9.17) is 21.7 Å². The summed E-state index contributed by atoms with van der Waals surface area (Å²) < 4.78 is 61.9. The zero-order valence-electron chi connectivity index (χ0n) is 13.9. The molecular weight excluding hydrogens is 372 g/mol. The molecule has 4 nitrogen and oxygen atoms in total. The van der Waals surface area contributed by atoms with E-state index in [1.165, 1.54) is 14.2 Å². The van der Waals surface area contributed by atoms with Gasteiger partial charge >= 0.3 is 6.18 Å². The summed E-state index contributed by atoms with van der Waals surface area (Å²) in [6.45, 7) is -0.0844. The van der Waals surface area contributed by atoms with E-state index >= 15 is 0 Å². The predicted octanol–water partition coefficient (Wildman–Crippen LogP) is 4.35. The minimum absolute atomic E-state index is 0.0844. The van der Waals surface area contributed by atoms with Crippen molar-refractivity contribution in [2.75, 3.05) is 19.5 Å². The molecule has 0 amide bonds. The first-order valence-corrected chi connectivity index (χ1v) is 7.77. The second-order valence-corrected chi connectivity index (χ2v) is 5.63. The number of hydrogen-bond donors (Lipinski definition) is 2. The van der Waals surface area contributed by atoms with Crippen LogP contribution in [0.1, 0.15) is 11.1 Å². The standard InChI is InChI=1S/C17H16F4N2O2S/c1-24-13-3-4-15(25-2)14(8-13)23-16(26)22-9-10-5-11(17(19,20)21)7-12(18)6-10/h3-8H,9H2,1-2H3,(H2,22,23,26). The van der Waals surface area contributed by atoms with Gasteiger partial charge in [-0.3, -0.25) is 0 Å². The first-order valence-electron chi connectivity index (χ1n) is 7.36. The zero-order valence-corrected chi connectivity index (χ0v) is 14.7. The first-order chi connectivity index (χ1) is 12.2. The molecule has 0 radical (unpaired) electrons. The number of methoxy groups -OCH3 is 2. The summed E-state index contributed by atoms with van der Waals surface area (Å²) in [5, 5.41) is 5.73. The summed E-state index contributed by atoms with van der Waals surface area (Å²) in [5.74, 6) is 0.0982. The summed E-state index contributed by atoms with van der Waals surface area (Å²) in [4.78, 5) is 0. The Morgan fingerprint density at radius 1 is 1.08 bits per heavy atom. The van der Waals surface area contributed by atoms with Crippen LogP contribution < -0.4 is 20.1 Å². The lowest BCUT2D eigenvalue weighted by molar-refractivity contribution is -0.137. The van der Waals surface area contributed by atoms with Gasteiger partial charge in [0.25, 0.3) is 0 Å². The van der Waals surface area contributed by atoms with Gasteiger partial charge in [0.05, 0.1) is 25.5 Å². The molecule has 9 heteroatoms. The maximum absolute atomic E-state index is 13.4. The Kier molecular flexibility index (Phi) is 6.25. The van der Waals surface area contributed by atoms with Crippen LogP contribution in [0.2, 0.25) is 0 Å². The van der Waals surface area contributed by atoms with E-state index in [2.05, 4.69) is 10.6 Å². The third-order valence-corrected chi connectivity index (χ3v) is 3.64. The lowest BCUT2D eigenvalue weighted by Gasteiger charge is -2.15. The predicted molar refractivity (Wildman–Crippen MR) is 94.0 cm³/mol. The minimum atomic E-state index is -4.62. The average Bonchev–Trinajstić information content (AvgIpc) is 2.58. The number of thiocarbonyl (C=S) groups is 1. The van der Waals surface area contributed by atoms with Crippen LogP contribution in [0.5, 0.6) is 11.5 Å². The number of halogens is 4. The molecule has 2 rings (SSSR count). The first kappa shape index (κ1) is 19.8. The maximum Gasteiger partial charge on any atom is 0.416 e. The van der Waals surface area contributed by atoms with E-state index in [1.54, 1.807) is 18.2 Å². The third kappa shape index (κ3) is 5.22. The average molecular weight is 388 g/mol. The van der Waals surface area contributed by atoms with E-state index in [9.17, 15) is 17.6 Å². The van der Waals surface area contributed by atoms with Gasteiger partial charge in [0, 0.05) is 12.6 Å². The Morgan fingerprint density at radius 3 is 2.42 bits per heavy atom. The number of hydrogen-bond acceptors (Lipinski definition) is 3. The van der Waals surface area contributed by atoms with E-state index in [0.717, 1.165) is 12.1 Å². The molecule has 0 heterocycles. The van der Waals surface area contributed by atoms with E-state index in [-0.39, 0.29) is 17.2 Å². The van der Waals surface area contributed by atoms with Crippen molar-refractivity contribution in [3.8, 4) is 11.5 Å². The quantitative estimate of drug-likeness (QED) is 0.589. The molecule has 0 atom stereocenters. The largest absolute Gasteiger partial charge is 0.497 e. The fourth-order valence-electron chi connectivity index (χ4n) is 2.18. The van der Waals surface area contributed by atoms with Gasteiger partial charge in [0.1, 0.15) is 17.3 Å². The monoisotopic (exact) mass is 388 g/mol. The normalized spacial score (nSPS) is 11.0. The van der Waals surface area contributed by atoms with Crippen molar-refractivity contribution in [3.63, 3.8) is 0 Å². The molecular formula is C17H16F4N2O2S. The molecule has 0 fully saturated rings. The number of rotatable bonds is 5. The SMILES string of the molecule is COc1ccc(OC)c(NC(=S)NCc2cc(F)cc(C(F)(F)F)c2)c1. The van der Waals surface area contributed by atoms with Crippen molar-refractivity contribution in [2.45, 2.75) is 12.7 Å². The van der Waals surface area contributed by atoms with Crippen molar-refractivity contribution in [1.82, 2.24) is 5.32 Å². The molecule has 2 aromatic carbocycles. The van der Waals surface area contributed by atoms with Gasteiger partial charge in [-0.2, -0.15) is 13.2 Å². The Balaban J connectivity index is 2.07. The number of ether oxygens (including phenoxy) is 2. The highest BCUT2D eigenvalue weighted by molar-refractivity contribution is 7.80. The molecule has 0 saturated carbocycles. The molecule has 0 aliphatic heterocycles. The van der Waals surface area contributed by atoms with E-state index in [0.29, 0.717) is 23.3 Å². The summed E-state index contributed by atoms with van der Waals surface area (Å²) >= 11 is 5.13. The van der Waals surface area contributed by atoms with Crippen LogP contribution in [0.4, 0.5) is 23.2 Å². The maximum atomic E-state index is 13.4. The Hall–Kier alpha value is -2.55. The van der Waals surface area contributed by atoms with Gasteiger partial charge in [-0.1, -0.05) is 0 Å². The van der Waals surface area contributed by atoms with Gasteiger partial charge in [0.2, 0.25) is 0 Å². The molecule has 140 valence electrons. The van der Waals surface area contributed by atoms with Crippen LogP contribution in [0, 0.1) is 5.82 Å². The minimum Gasteiger partial charge on any atom is -0.497 e. The van der Waals surface area contributed by atoms with Crippen molar-refractivity contribution in [1.29, 1.82) is 0 Å². The molecule has 0 unspecified atom stereocenters. The number of anilines is 1. The highest BCUT2D eigenvalue weighted by atomic mass is 32.1. The fourth-order valence-corrected chi connectivity index (χ4v) is 2.36. The van der Waals surface area contributed by atoms with E-state index in [1.807, 2.05) is 0 Å². The summed E-state index contributed by atoms with van der Waals surface area (Å²) in [6, 6.07) is 7.34. The van der Waals surface area contributed by atoms with Crippen molar-refractivity contribution >= 4 is 23.0 Å². The topological polar surface area (TPSA) is 42.5 Å². The van der Waals surface area contributed by atoms with Crippen molar-refractivity contribution < 1.29 is 27.0 Å². The molecule has 0 aliphatic rings. The molecule has 26 heavy (non-hydrogen) atoms. The lowest BCUT2D eigenvalue weighted by Crippen LogP contribution is -2.28. The van der Waals surface area contributed by atoms with E-state index < -0.39 is 17.6 Å². The van der Waals surface area contributed by atoms with Crippen LogP contribution >= 0.6 is 12.2 Å². The van der Waals surface area contributed by atoms with Gasteiger partial charge in [-0.15, -0.1) is 0 Å². The second kappa shape index (κ2) is 8.22. The van der Waals surface area contributed by atoms with Gasteiger partial charge in [0.15, 0.2) is 5.11 Å². The Labute approximate surface area is 153 Å². The van der Waals surface area contributed by atoms with Gasteiger partial charge < -0.3 is 20.1 Å². The summed E-state index contributed by atoms with van der Waals surface area (Å²) in [5.41, 5.74) is -0.429. The van der Waals surface area contributed by atoms with Crippen molar-refractivity contribution in [2.24, 2.45) is 0 Å². The van der Waals surface area contributed by atoms with Crippen LogP contribution in [-0.2, 0) is 12.7 Å². The number of alkyl halides is 3. The molecule has 2 N–H and O–H groups in total. The molecule has 0 spiro atoms. The molecule has 0 aliphatic carbocycles. The smallest absolute Gasteiger partial charge is 0.416 e. The molecule has 0 bridgehead atoms. The lowest BCUT2D eigenvalue weighted by atomic mass is 10.1. The number of benzene rings is 2. The molecule has 0 saturated heterocycles. The highest BCUT2D eigenvalue weighted by Crippen LogP contribution is 2.31. The fraction of sp³-hybridized carbons (Fsp3) is 0.235. The van der Waals surface area contributed by atoms with Crippen molar-refractivity contribution in [3.05, 3.63) is 53.3 Å². The Bertz CT molecular complexity index is 797. The van der Waals surface area contributed by atoms with Crippen LogP contribution in [-0.4, -0.2) is 19.3 Å². The third-order valence-electron chi connectivity index (χ3n) is 3.39. The molecule has 2 aromatic rings. The summed E-state index contributed by atoms with van der Waals surface area (Å²) in [7, 11) is 2.99. The highest BCUT2D eigenvalue weighted by Gasteiger charge is 2.31. The second-order valence-electron chi connectivity index (χ2n) is 5.22. The van der Waals surface area contributed by atoms with Gasteiger partial charge in [-0.25, -0.2) is 4.39 Å².